The second kappa shape index (κ2) is 7.68. The first-order valence-electron chi connectivity index (χ1n) is 5.50. The van der Waals surface area contributed by atoms with Crippen LogP contribution in [0.2, 0.25) is 0 Å². The highest BCUT2D eigenvalue weighted by Gasteiger charge is 2.07. The maximum atomic E-state index is 5.47. The molecule has 0 aromatic heterocycles. The minimum absolute atomic E-state index is 0.199. The molecule has 0 radical (unpaired) electrons. The van der Waals surface area contributed by atoms with Crippen molar-refractivity contribution >= 4 is 11.8 Å². The molecule has 0 amide bonds. The van der Waals surface area contributed by atoms with Gasteiger partial charge in [-0.15, -0.1) is 11.8 Å². The van der Waals surface area contributed by atoms with E-state index in [4.69, 9.17) is 10.6 Å². The average Bonchev–Trinajstić information content (AvgIpc) is 2.31. The molecular weight excluding hydrogens is 220 g/mol. The molecule has 1 unspecified atom stereocenters. The van der Waals surface area contributed by atoms with Crippen LogP contribution in [0.3, 0.4) is 0 Å². The van der Waals surface area contributed by atoms with Gasteiger partial charge in [0.05, 0.1) is 12.6 Å². The molecule has 1 aromatic carbocycles. The van der Waals surface area contributed by atoms with Crippen molar-refractivity contribution in [2.24, 2.45) is 5.84 Å². The lowest BCUT2D eigenvalue weighted by molar-refractivity contribution is 0.129. The zero-order valence-corrected chi connectivity index (χ0v) is 10.7. The zero-order chi connectivity index (χ0) is 11.8. The topological polar surface area (TPSA) is 47.3 Å². The van der Waals surface area contributed by atoms with Crippen LogP contribution >= 0.6 is 11.8 Å². The molecule has 1 aromatic rings. The molecule has 0 bridgehead atoms. The summed E-state index contributed by atoms with van der Waals surface area (Å²) in [4.78, 5) is 1.30. The Balaban J connectivity index is 2.40. The summed E-state index contributed by atoms with van der Waals surface area (Å²) < 4.78 is 5.35. The first-order chi connectivity index (χ1) is 7.77. The van der Waals surface area contributed by atoms with Gasteiger partial charge in [0.1, 0.15) is 0 Å². The van der Waals surface area contributed by atoms with Crippen LogP contribution < -0.4 is 11.3 Å². The van der Waals surface area contributed by atoms with Crippen LogP contribution in [0.15, 0.2) is 29.2 Å². The molecule has 3 nitrogen and oxygen atoms in total. The number of nitrogens with two attached hydrogens (primary N) is 1. The minimum Gasteiger partial charge on any atom is -0.380 e. The second-order valence-corrected chi connectivity index (χ2v) is 4.66. The van der Waals surface area contributed by atoms with Crippen LogP contribution in [0.25, 0.3) is 0 Å². The van der Waals surface area contributed by atoms with Crippen LogP contribution in [0.1, 0.15) is 12.5 Å². The Hall–Kier alpha value is -0.550. The Morgan fingerprint density at radius 3 is 2.81 bits per heavy atom. The number of thioether (sulfide) groups is 1. The van der Waals surface area contributed by atoms with E-state index >= 15 is 0 Å². The quantitative estimate of drug-likeness (QED) is 0.434. The van der Waals surface area contributed by atoms with Crippen LogP contribution in [0.5, 0.6) is 0 Å². The molecule has 0 aliphatic rings. The molecule has 1 atom stereocenters. The number of hydrogen-bond acceptors (Lipinski definition) is 4. The molecule has 0 aliphatic carbocycles. The minimum atomic E-state index is 0.199. The molecule has 90 valence electrons. The monoisotopic (exact) mass is 240 g/mol. The van der Waals surface area contributed by atoms with E-state index in [2.05, 4.69) is 36.6 Å². The summed E-state index contributed by atoms with van der Waals surface area (Å²) in [7, 11) is 0. The third-order valence-electron chi connectivity index (χ3n) is 2.29. The van der Waals surface area contributed by atoms with Gasteiger partial charge in [0.25, 0.3) is 0 Å². The van der Waals surface area contributed by atoms with E-state index in [1.54, 1.807) is 0 Å². The molecule has 16 heavy (non-hydrogen) atoms. The molecule has 0 fully saturated rings. The van der Waals surface area contributed by atoms with Gasteiger partial charge in [-0.1, -0.05) is 18.2 Å². The lowest BCUT2D eigenvalue weighted by atomic mass is 10.2. The van der Waals surface area contributed by atoms with Gasteiger partial charge in [-0.2, -0.15) is 0 Å². The SMILES string of the molecule is CCOCC(CSc1ccccc1C)NN. The second-order valence-electron chi connectivity index (χ2n) is 3.60. The van der Waals surface area contributed by atoms with E-state index in [0.717, 1.165) is 12.4 Å². The van der Waals surface area contributed by atoms with Crippen LogP contribution in [0, 0.1) is 6.92 Å². The molecule has 0 aliphatic heterocycles. The number of benzene rings is 1. The molecule has 3 N–H and O–H groups in total. The Kier molecular flexibility index (Phi) is 6.49. The lowest BCUT2D eigenvalue weighted by Crippen LogP contribution is -2.40. The summed E-state index contributed by atoms with van der Waals surface area (Å²) in [5.41, 5.74) is 4.09. The van der Waals surface area contributed by atoms with Gasteiger partial charge in [-0.25, -0.2) is 0 Å². The van der Waals surface area contributed by atoms with E-state index in [9.17, 15) is 0 Å². The Labute approximate surface area is 102 Å². The Morgan fingerprint density at radius 1 is 1.44 bits per heavy atom. The first kappa shape index (κ1) is 13.5. The number of hydrazine groups is 1. The van der Waals surface area contributed by atoms with Crippen molar-refractivity contribution in [2.45, 2.75) is 24.8 Å². The standard InChI is InChI=1S/C12H20N2OS/c1-3-15-8-11(14-13)9-16-12-7-5-4-6-10(12)2/h4-7,11,14H,3,8-9,13H2,1-2H3. The predicted octanol–water partition coefficient (Wildman–Crippen LogP) is 1.96. The van der Waals surface area contributed by atoms with E-state index in [0.29, 0.717) is 6.61 Å². The average molecular weight is 240 g/mol. The number of aryl methyl sites for hydroxylation is 1. The zero-order valence-electron chi connectivity index (χ0n) is 9.90. The predicted molar refractivity (Wildman–Crippen MR) is 69.5 cm³/mol. The fourth-order valence-electron chi connectivity index (χ4n) is 1.31. The van der Waals surface area contributed by atoms with Crippen LogP contribution in [0.4, 0.5) is 0 Å². The van der Waals surface area contributed by atoms with Gasteiger partial charge in [-0.3, -0.25) is 11.3 Å². The number of ether oxygens (including phenoxy) is 1. The number of nitrogens with one attached hydrogen (secondary N) is 1. The molecule has 1 rings (SSSR count). The number of rotatable bonds is 7. The van der Waals surface area contributed by atoms with Crippen molar-refractivity contribution in [2.75, 3.05) is 19.0 Å². The van der Waals surface area contributed by atoms with Crippen LogP contribution in [-0.4, -0.2) is 25.0 Å². The third-order valence-corrected chi connectivity index (χ3v) is 3.63. The molecule has 0 spiro atoms. The van der Waals surface area contributed by atoms with Gasteiger partial charge in [0, 0.05) is 17.3 Å². The fraction of sp³-hybridized carbons (Fsp3) is 0.500. The summed E-state index contributed by atoms with van der Waals surface area (Å²) in [5.74, 6) is 6.39. The largest absolute Gasteiger partial charge is 0.380 e. The van der Waals surface area contributed by atoms with Crippen molar-refractivity contribution in [1.29, 1.82) is 0 Å². The van der Waals surface area contributed by atoms with E-state index in [-0.39, 0.29) is 6.04 Å². The van der Waals surface area contributed by atoms with Crippen molar-refractivity contribution in [1.82, 2.24) is 5.43 Å². The van der Waals surface area contributed by atoms with Crippen molar-refractivity contribution in [3.8, 4) is 0 Å². The van der Waals surface area contributed by atoms with Crippen molar-refractivity contribution in [3.63, 3.8) is 0 Å². The smallest absolute Gasteiger partial charge is 0.0641 e. The first-order valence-corrected chi connectivity index (χ1v) is 6.48. The maximum absolute atomic E-state index is 5.47. The van der Waals surface area contributed by atoms with Gasteiger partial charge in [-0.05, 0) is 25.5 Å². The molecule has 0 saturated heterocycles. The van der Waals surface area contributed by atoms with Crippen molar-refractivity contribution in [3.05, 3.63) is 29.8 Å². The summed E-state index contributed by atoms with van der Waals surface area (Å²) in [6, 6.07) is 8.56. The molecule has 4 heteroatoms. The summed E-state index contributed by atoms with van der Waals surface area (Å²) in [6.07, 6.45) is 0. The lowest BCUT2D eigenvalue weighted by Gasteiger charge is -2.15. The highest BCUT2D eigenvalue weighted by molar-refractivity contribution is 7.99. The summed E-state index contributed by atoms with van der Waals surface area (Å²) >= 11 is 1.81. The van der Waals surface area contributed by atoms with Gasteiger partial charge in [0.2, 0.25) is 0 Å². The Bertz CT molecular complexity index is 307. The summed E-state index contributed by atoms with van der Waals surface area (Å²) in [5, 5.41) is 0. The third kappa shape index (κ3) is 4.53. The van der Waals surface area contributed by atoms with E-state index < -0.39 is 0 Å². The molecule has 0 saturated carbocycles. The normalized spacial score (nSPS) is 12.7. The fourth-order valence-corrected chi connectivity index (χ4v) is 2.36. The number of hydrogen-bond donors (Lipinski definition) is 2. The summed E-state index contributed by atoms with van der Waals surface area (Å²) in [6.45, 7) is 5.50. The van der Waals surface area contributed by atoms with E-state index in [1.807, 2.05) is 18.7 Å². The molecular formula is C12H20N2OS. The van der Waals surface area contributed by atoms with Crippen molar-refractivity contribution < 1.29 is 4.74 Å². The highest BCUT2D eigenvalue weighted by Crippen LogP contribution is 2.22. The maximum Gasteiger partial charge on any atom is 0.0641 e. The van der Waals surface area contributed by atoms with Gasteiger partial charge >= 0.3 is 0 Å². The molecule has 0 heterocycles. The van der Waals surface area contributed by atoms with Gasteiger partial charge in [0.15, 0.2) is 0 Å². The highest BCUT2D eigenvalue weighted by atomic mass is 32.2. The van der Waals surface area contributed by atoms with Crippen LogP contribution in [-0.2, 0) is 4.74 Å². The van der Waals surface area contributed by atoms with Gasteiger partial charge < -0.3 is 4.74 Å². The Morgan fingerprint density at radius 2 is 2.19 bits per heavy atom. The van der Waals surface area contributed by atoms with E-state index in [1.165, 1.54) is 10.5 Å².